The number of rotatable bonds is 7. The van der Waals surface area contributed by atoms with Crippen molar-refractivity contribution >= 4 is 50.7 Å². The number of nitrogens with two attached hydrogens (primary N) is 1. The fraction of sp³-hybridized carbons (Fsp3) is 0.0909. The van der Waals surface area contributed by atoms with Gasteiger partial charge in [-0.05, 0) is 35.9 Å². The molecule has 4 nitrogen and oxygen atoms in total. The molecule has 154 valence electrons. The first-order valence-corrected chi connectivity index (χ1v) is 11.1. The molecule has 0 aliphatic rings. The summed E-state index contributed by atoms with van der Waals surface area (Å²) in [4.78, 5) is 0. The Morgan fingerprint density at radius 3 is 2.70 bits per heavy atom. The van der Waals surface area contributed by atoms with Crippen molar-refractivity contribution in [2.24, 2.45) is 15.9 Å². The molecule has 0 aromatic heterocycles. The van der Waals surface area contributed by atoms with Crippen molar-refractivity contribution in [1.82, 2.24) is 0 Å². The highest BCUT2D eigenvalue weighted by Gasteiger charge is 2.07. The van der Waals surface area contributed by atoms with Gasteiger partial charge in [0.2, 0.25) is 0 Å². The van der Waals surface area contributed by atoms with Crippen molar-refractivity contribution in [3.8, 4) is 5.75 Å². The Balaban J connectivity index is 1.65. The van der Waals surface area contributed by atoms with E-state index in [1.807, 2.05) is 42.5 Å². The van der Waals surface area contributed by atoms with Gasteiger partial charge in [0, 0.05) is 21.4 Å². The highest BCUT2D eigenvalue weighted by atomic mass is 79.9. The van der Waals surface area contributed by atoms with Crippen LogP contribution in [-0.2, 0) is 12.4 Å². The molecule has 0 aliphatic carbocycles. The first-order chi connectivity index (χ1) is 14.5. The predicted octanol–water partition coefficient (Wildman–Crippen LogP) is 6.40. The molecule has 0 unspecified atom stereocenters. The van der Waals surface area contributed by atoms with Gasteiger partial charge in [-0.25, -0.2) is 4.39 Å². The molecule has 3 aromatic carbocycles. The van der Waals surface area contributed by atoms with Gasteiger partial charge >= 0.3 is 0 Å². The molecule has 30 heavy (non-hydrogen) atoms. The first-order valence-electron chi connectivity index (χ1n) is 8.91. The second-order valence-electron chi connectivity index (χ2n) is 6.16. The molecule has 0 amide bonds. The van der Waals surface area contributed by atoms with Crippen LogP contribution in [0.2, 0.25) is 5.02 Å². The van der Waals surface area contributed by atoms with E-state index < -0.39 is 0 Å². The second-order valence-corrected chi connectivity index (χ2v) is 8.48. The zero-order valence-electron chi connectivity index (χ0n) is 15.8. The van der Waals surface area contributed by atoms with E-state index in [2.05, 4.69) is 26.1 Å². The highest BCUT2D eigenvalue weighted by Crippen LogP contribution is 2.25. The lowest BCUT2D eigenvalue weighted by Crippen LogP contribution is -2.06. The Morgan fingerprint density at radius 2 is 1.93 bits per heavy atom. The molecule has 0 fully saturated rings. The molecule has 0 radical (unpaired) electrons. The maximum Gasteiger partial charge on any atom is 0.180 e. The average Bonchev–Trinajstić information content (AvgIpc) is 2.73. The topological polar surface area (TPSA) is 60.0 Å². The van der Waals surface area contributed by atoms with E-state index >= 15 is 0 Å². The Hall–Kier alpha value is -2.35. The van der Waals surface area contributed by atoms with Crippen molar-refractivity contribution in [3.05, 3.63) is 98.7 Å². The summed E-state index contributed by atoms with van der Waals surface area (Å²) in [6, 6.07) is 19.7. The molecule has 0 aliphatic heterocycles. The minimum Gasteiger partial charge on any atom is -0.488 e. The number of hydrogen-bond donors (Lipinski definition) is 1. The van der Waals surface area contributed by atoms with Gasteiger partial charge in [-0.3, -0.25) is 0 Å². The number of amidine groups is 1. The van der Waals surface area contributed by atoms with E-state index in [9.17, 15) is 4.39 Å². The lowest BCUT2D eigenvalue weighted by molar-refractivity contribution is 0.305. The van der Waals surface area contributed by atoms with Gasteiger partial charge in [0.25, 0.3) is 0 Å². The van der Waals surface area contributed by atoms with Crippen molar-refractivity contribution in [1.29, 1.82) is 0 Å². The van der Waals surface area contributed by atoms with Crippen LogP contribution in [0.5, 0.6) is 5.75 Å². The van der Waals surface area contributed by atoms with E-state index in [-0.39, 0.29) is 12.4 Å². The van der Waals surface area contributed by atoms with Crippen LogP contribution in [0.4, 0.5) is 4.39 Å². The molecule has 8 heteroatoms. The maximum absolute atomic E-state index is 13.2. The van der Waals surface area contributed by atoms with Crippen LogP contribution in [0, 0.1) is 5.82 Å². The van der Waals surface area contributed by atoms with Crippen LogP contribution in [0.3, 0.4) is 0 Å². The van der Waals surface area contributed by atoms with Gasteiger partial charge in [-0.2, -0.15) is 5.10 Å². The molecule has 2 N–H and O–H groups in total. The zero-order valence-corrected chi connectivity index (χ0v) is 18.9. The molecule has 0 atom stereocenters. The van der Waals surface area contributed by atoms with Gasteiger partial charge < -0.3 is 10.5 Å². The van der Waals surface area contributed by atoms with Gasteiger partial charge in [-0.15, -0.1) is 5.10 Å². The number of halogens is 3. The highest BCUT2D eigenvalue weighted by molar-refractivity contribution is 9.10. The average molecular weight is 507 g/mol. The van der Waals surface area contributed by atoms with E-state index in [1.165, 1.54) is 23.9 Å². The van der Waals surface area contributed by atoms with Crippen molar-refractivity contribution < 1.29 is 9.13 Å². The van der Waals surface area contributed by atoms with Crippen LogP contribution >= 0.6 is 39.3 Å². The van der Waals surface area contributed by atoms with Crippen LogP contribution in [0.15, 0.2) is 81.4 Å². The maximum atomic E-state index is 13.2. The number of ether oxygens (including phenoxy) is 1. The second kappa shape index (κ2) is 11.2. The fourth-order valence-corrected chi connectivity index (χ4v) is 3.67. The largest absolute Gasteiger partial charge is 0.488 e. The predicted molar refractivity (Wildman–Crippen MR) is 127 cm³/mol. The summed E-state index contributed by atoms with van der Waals surface area (Å²) in [6.45, 7) is 0.194. The lowest BCUT2D eigenvalue weighted by atomic mass is 10.2. The van der Waals surface area contributed by atoms with Gasteiger partial charge in [0.15, 0.2) is 5.17 Å². The standard InChI is InChI=1S/C22H18BrClFN3OS/c23-18-7-9-21(29-13-16-6-8-19(25)11-20(16)24)17(10-18)12-27-28-22(26)30-14-15-4-2-1-3-5-15/h1-12H,13-14H2,(H2,26,28). The van der Waals surface area contributed by atoms with Crippen LogP contribution in [0.25, 0.3) is 0 Å². The van der Waals surface area contributed by atoms with Crippen LogP contribution in [-0.4, -0.2) is 11.4 Å². The number of thioether (sulfide) groups is 1. The smallest absolute Gasteiger partial charge is 0.180 e. The minimum atomic E-state index is -0.388. The Kier molecular flexibility index (Phi) is 8.30. The summed E-state index contributed by atoms with van der Waals surface area (Å²) in [5.41, 5.74) is 8.49. The Labute approximate surface area is 192 Å². The summed E-state index contributed by atoms with van der Waals surface area (Å²) >= 11 is 10.9. The number of nitrogens with zero attached hydrogens (tertiary/aromatic N) is 2. The lowest BCUT2D eigenvalue weighted by Gasteiger charge is -2.10. The minimum absolute atomic E-state index is 0.194. The van der Waals surface area contributed by atoms with Crippen molar-refractivity contribution in [2.75, 3.05) is 0 Å². The SMILES string of the molecule is NC(=NN=Cc1cc(Br)ccc1OCc1ccc(F)cc1Cl)SCc1ccccc1. The normalized spacial score (nSPS) is 11.8. The monoisotopic (exact) mass is 505 g/mol. The third kappa shape index (κ3) is 6.86. The van der Waals surface area contributed by atoms with Crippen molar-refractivity contribution in [2.45, 2.75) is 12.4 Å². The summed E-state index contributed by atoms with van der Waals surface area (Å²) in [6.07, 6.45) is 1.57. The summed E-state index contributed by atoms with van der Waals surface area (Å²) in [5.74, 6) is 0.920. The Bertz CT molecular complexity index is 1060. The van der Waals surface area contributed by atoms with E-state index in [0.717, 1.165) is 15.8 Å². The van der Waals surface area contributed by atoms with E-state index in [0.29, 0.717) is 27.1 Å². The van der Waals surface area contributed by atoms with Gasteiger partial charge in [-0.1, -0.05) is 75.7 Å². The molecule has 0 heterocycles. The van der Waals surface area contributed by atoms with E-state index in [1.54, 1.807) is 18.3 Å². The molecular formula is C22H18BrClFN3OS. The van der Waals surface area contributed by atoms with Gasteiger partial charge in [0.1, 0.15) is 18.2 Å². The van der Waals surface area contributed by atoms with Gasteiger partial charge in [0.05, 0.1) is 11.2 Å². The van der Waals surface area contributed by atoms with Crippen molar-refractivity contribution in [3.63, 3.8) is 0 Å². The number of benzene rings is 3. The molecule has 0 bridgehead atoms. The molecule has 0 saturated carbocycles. The summed E-state index contributed by atoms with van der Waals surface area (Å²) < 4.78 is 19.9. The molecule has 0 saturated heterocycles. The fourth-order valence-electron chi connectivity index (χ4n) is 2.45. The summed E-state index contributed by atoms with van der Waals surface area (Å²) in [7, 11) is 0. The Morgan fingerprint density at radius 1 is 1.13 bits per heavy atom. The first kappa shape index (κ1) is 22.3. The quantitative estimate of drug-likeness (QED) is 0.229. The van der Waals surface area contributed by atoms with E-state index in [4.69, 9.17) is 22.1 Å². The molecule has 0 spiro atoms. The molecule has 3 aromatic rings. The zero-order chi connectivity index (χ0) is 21.3. The van der Waals surface area contributed by atoms with Crippen LogP contribution in [0.1, 0.15) is 16.7 Å². The number of hydrogen-bond acceptors (Lipinski definition) is 4. The molecular weight excluding hydrogens is 489 g/mol. The third-order valence-corrected chi connectivity index (χ3v) is 5.65. The van der Waals surface area contributed by atoms with Crippen LogP contribution < -0.4 is 10.5 Å². The molecule has 3 rings (SSSR count). The summed E-state index contributed by atoms with van der Waals surface area (Å²) in [5, 5.41) is 8.80. The third-order valence-electron chi connectivity index (χ3n) is 3.95.